The predicted octanol–water partition coefficient (Wildman–Crippen LogP) is 10.6. The van der Waals surface area contributed by atoms with Crippen LogP contribution in [0.15, 0.2) is 106 Å². The lowest BCUT2D eigenvalue weighted by Crippen LogP contribution is -2.46. The Morgan fingerprint density at radius 3 is 1.59 bits per heavy atom. The molecule has 10 nitrogen and oxygen atoms in total. The first-order valence-electron chi connectivity index (χ1n) is 22.4. The number of benzene rings is 4. The van der Waals surface area contributed by atoms with Crippen molar-refractivity contribution < 1.29 is 8.83 Å². The molecule has 3 radical (unpaired) electrons. The quantitative estimate of drug-likeness (QED) is 0.0666. The first-order valence-corrected chi connectivity index (χ1v) is 22.9. The number of halogens is 1. The van der Waals surface area contributed by atoms with Crippen LogP contribution >= 0.6 is 11.6 Å². The normalized spacial score (nSPS) is 14.1. The van der Waals surface area contributed by atoms with Gasteiger partial charge in [-0.2, -0.15) is 10.5 Å². The van der Waals surface area contributed by atoms with E-state index in [4.69, 9.17) is 31.0 Å². The van der Waals surface area contributed by atoms with Crippen LogP contribution in [0.1, 0.15) is 59.5 Å². The van der Waals surface area contributed by atoms with Crippen molar-refractivity contribution in [3.63, 3.8) is 0 Å². The van der Waals surface area contributed by atoms with Crippen LogP contribution in [0.5, 0.6) is 0 Å². The van der Waals surface area contributed by atoms with Crippen LogP contribution in [0.3, 0.4) is 0 Å². The maximum Gasteiger partial charge on any atom is 0.134 e. The molecule has 0 aliphatic carbocycles. The van der Waals surface area contributed by atoms with Crippen molar-refractivity contribution in [3.05, 3.63) is 131 Å². The number of aromatic amines is 2. The van der Waals surface area contributed by atoms with Gasteiger partial charge in [-0.1, -0.05) is 0 Å². The molecular weight excluding hydrogens is 815 g/mol. The number of nitrogens with zero attached hydrogens (tertiary/aromatic N) is 5. The smallest absolute Gasteiger partial charge is 0.134 e. The predicted molar refractivity (Wildman–Crippen MR) is 264 cm³/mol. The number of anilines is 2. The third-order valence-electron chi connectivity index (χ3n) is 12.3. The second-order valence-corrected chi connectivity index (χ2v) is 17.1. The molecule has 0 bridgehead atoms. The number of rotatable bonds is 11. The summed E-state index contributed by atoms with van der Waals surface area (Å²) in [6.07, 6.45) is 10.7. The maximum absolute atomic E-state index is 9.15. The van der Waals surface area contributed by atoms with Crippen LogP contribution < -0.4 is 15.1 Å². The Morgan fingerprint density at radius 1 is 0.594 bits per heavy atom. The van der Waals surface area contributed by atoms with Crippen molar-refractivity contribution >= 4 is 75.1 Å². The van der Waals surface area contributed by atoms with Gasteiger partial charge in [0, 0.05) is 123 Å². The summed E-state index contributed by atoms with van der Waals surface area (Å²) in [5, 5.41) is 26.1. The first-order chi connectivity index (χ1) is 30.9. The van der Waals surface area contributed by atoms with Gasteiger partial charge in [0.1, 0.15) is 22.7 Å². The third-order valence-corrected chi connectivity index (χ3v) is 12.5. The fourth-order valence-corrected chi connectivity index (χ4v) is 9.03. The van der Waals surface area contributed by atoms with Crippen molar-refractivity contribution in [1.82, 2.24) is 20.2 Å². The van der Waals surface area contributed by atoms with Gasteiger partial charge in [0.25, 0.3) is 0 Å². The molecule has 2 saturated heterocycles. The van der Waals surface area contributed by atoms with Crippen LogP contribution in [0.4, 0.5) is 11.4 Å². The van der Waals surface area contributed by atoms with E-state index >= 15 is 0 Å². The van der Waals surface area contributed by atoms with Gasteiger partial charge in [-0.15, -0.1) is 11.6 Å². The number of fused-ring (bicyclic) bond motifs is 4. The molecule has 0 saturated carbocycles. The van der Waals surface area contributed by atoms with E-state index in [0.717, 1.165) is 129 Å². The molecule has 327 valence electrons. The fraction of sp³-hybridized carbons (Fsp3) is 0.346. The van der Waals surface area contributed by atoms with E-state index in [2.05, 4.69) is 96.9 Å². The highest BCUT2D eigenvalue weighted by Gasteiger charge is 2.18. The van der Waals surface area contributed by atoms with Gasteiger partial charge in [-0.3, -0.25) is 4.90 Å². The minimum Gasteiger partial charge on any atom is -0.461 e. The maximum atomic E-state index is 9.15. The van der Waals surface area contributed by atoms with Gasteiger partial charge in [0.05, 0.1) is 23.3 Å². The summed E-state index contributed by atoms with van der Waals surface area (Å²) in [5.74, 6) is 2.66. The Labute approximate surface area is 383 Å². The lowest BCUT2D eigenvalue weighted by molar-refractivity contribution is 0.253. The van der Waals surface area contributed by atoms with Crippen LogP contribution in [0, 0.1) is 36.5 Å². The molecule has 4 aromatic heterocycles. The van der Waals surface area contributed by atoms with Gasteiger partial charge in [-0.05, 0) is 155 Å². The van der Waals surface area contributed by atoms with Crippen molar-refractivity contribution in [2.45, 2.75) is 52.4 Å². The Morgan fingerprint density at radius 2 is 1.09 bits per heavy atom. The molecule has 2 aliphatic rings. The standard InChI is InChI=1S/C26H28N4O.C13H13ClN2.C13H16N2O.B/c1-19-14-22-16-23(6-8-26(22)31-19)30-12-10-29(11-13-30)9-3-2-4-21-18-28-25-7-5-20(17-27)15-24(21)25;14-6-2-1-3-11-9-16-13-5-4-10(8-15)7-12(11)13;1-10-8-11-9-12(2-3-13(11)16-10)15-6-4-14-5-7-15;/h5-8,14-16,18,28H,2-4,9-13H2,1H3;4-5,7,9,16H,1-3,6H2;2-3,8-9,14H,4-7H2,1H3;. The average Bonchev–Trinajstić information content (AvgIpc) is 4.12. The number of alkyl halides is 1. The highest BCUT2D eigenvalue weighted by molar-refractivity contribution is 6.17. The molecule has 0 spiro atoms. The van der Waals surface area contributed by atoms with Gasteiger partial charge in [0.2, 0.25) is 0 Å². The number of aromatic nitrogens is 2. The van der Waals surface area contributed by atoms with E-state index in [0.29, 0.717) is 11.4 Å². The number of unbranched alkanes of at least 4 members (excludes halogenated alkanes) is 2. The zero-order valence-electron chi connectivity index (χ0n) is 37.1. The summed E-state index contributed by atoms with van der Waals surface area (Å²) in [7, 11) is 0. The van der Waals surface area contributed by atoms with Gasteiger partial charge in [-0.25, -0.2) is 0 Å². The van der Waals surface area contributed by atoms with Gasteiger partial charge < -0.3 is 33.9 Å². The second kappa shape index (κ2) is 22.0. The van der Waals surface area contributed by atoms with E-state index in [1.807, 2.05) is 56.4 Å². The molecule has 6 heterocycles. The molecule has 3 N–H and O–H groups in total. The van der Waals surface area contributed by atoms with Crippen LogP contribution in [0.2, 0.25) is 0 Å². The topological polar surface area (TPSA) is 127 Å². The number of H-pyrrole nitrogens is 2. The molecule has 12 heteroatoms. The van der Waals surface area contributed by atoms with E-state index in [1.165, 1.54) is 51.5 Å². The average molecular weight is 872 g/mol. The molecule has 2 aliphatic heterocycles. The van der Waals surface area contributed by atoms with Crippen molar-refractivity contribution in [3.8, 4) is 12.1 Å². The summed E-state index contributed by atoms with van der Waals surface area (Å²) >= 11 is 5.66. The number of nitriles is 2. The van der Waals surface area contributed by atoms with Crippen molar-refractivity contribution in [2.24, 2.45) is 0 Å². The first kappa shape index (κ1) is 45.9. The van der Waals surface area contributed by atoms with Gasteiger partial charge in [0.15, 0.2) is 0 Å². The zero-order chi connectivity index (χ0) is 43.5. The molecule has 10 rings (SSSR count). The third kappa shape index (κ3) is 11.3. The summed E-state index contributed by atoms with van der Waals surface area (Å²) in [5.41, 5.74) is 10.8. The van der Waals surface area contributed by atoms with Crippen LogP contribution in [-0.4, -0.2) is 88.1 Å². The molecule has 0 amide bonds. The van der Waals surface area contributed by atoms with Crippen molar-refractivity contribution in [2.75, 3.05) is 74.6 Å². The van der Waals surface area contributed by atoms with E-state index in [9.17, 15) is 0 Å². The number of piperazine rings is 2. The molecule has 64 heavy (non-hydrogen) atoms. The number of furan rings is 2. The molecule has 0 unspecified atom stereocenters. The Hall–Kier alpha value is -6.11. The Kier molecular flexibility index (Phi) is 15.8. The van der Waals surface area contributed by atoms with E-state index < -0.39 is 0 Å². The summed E-state index contributed by atoms with van der Waals surface area (Å²) in [6, 6.07) is 33.2. The van der Waals surface area contributed by atoms with E-state index in [-0.39, 0.29) is 8.41 Å². The highest BCUT2D eigenvalue weighted by atomic mass is 35.5. The fourth-order valence-electron chi connectivity index (χ4n) is 8.84. The number of nitrogens with one attached hydrogen (secondary N) is 3. The Bertz CT molecular complexity index is 2850. The zero-order valence-corrected chi connectivity index (χ0v) is 37.8. The summed E-state index contributed by atoms with van der Waals surface area (Å²) in [6.45, 7) is 13.8. The van der Waals surface area contributed by atoms with Gasteiger partial charge >= 0.3 is 0 Å². The number of aryl methyl sites for hydroxylation is 4. The molecule has 0 atom stereocenters. The van der Waals surface area contributed by atoms with Crippen LogP contribution in [0.25, 0.3) is 43.7 Å². The summed E-state index contributed by atoms with van der Waals surface area (Å²) in [4.78, 5) is 14.0. The SMILES string of the molecule is Cc1cc2cc(N3CCN(CCCCc4c[nH]c5ccc(C#N)cc45)CC3)ccc2o1.Cc1cc2cc(N3CCNCC3)ccc2o1.N#Cc1ccc2[nH]cc(CCCCCl)c2c1.[B]. The minimum atomic E-state index is 0. The molecule has 8 aromatic rings. The highest BCUT2D eigenvalue weighted by Crippen LogP contribution is 2.28. The number of hydrogen-bond acceptors (Lipinski definition) is 8. The largest absolute Gasteiger partial charge is 0.461 e. The van der Waals surface area contributed by atoms with Crippen molar-refractivity contribution in [1.29, 1.82) is 10.5 Å². The van der Waals surface area contributed by atoms with Crippen LogP contribution in [-0.2, 0) is 12.8 Å². The van der Waals surface area contributed by atoms with E-state index in [1.54, 1.807) is 0 Å². The number of hydrogen-bond donors (Lipinski definition) is 3. The lowest BCUT2D eigenvalue weighted by Gasteiger charge is -2.36. The molecular formula is C52H57BClN8O2. The Balaban J connectivity index is 0.000000157. The monoisotopic (exact) mass is 871 g/mol. The minimum absolute atomic E-state index is 0. The molecule has 2 fully saturated rings. The molecule has 4 aromatic carbocycles. The second-order valence-electron chi connectivity index (χ2n) is 16.7. The lowest BCUT2D eigenvalue weighted by atomic mass is 10.1. The summed E-state index contributed by atoms with van der Waals surface area (Å²) < 4.78 is 11.3.